The third kappa shape index (κ3) is 2.24. The Labute approximate surface area is 112 Å². The van der Waals surface area contributed by atoms with E-state index < -0.39 is 16.8 Å². The molecule has 0 radical (unpaired) electrons. The van der Waals surface area contributed by atoms with Crippen LogP contribution in [0.4, 0.5) is 0 Å². The second kappa shape index (κ2) is 4.85. The largest absolute Gasteiger partial charge is 0.490 e. The SMILES string of the molecule is COc1c(C(C)=O)c(=O)c2ccc(Cl)cc2[nH]c1=O. The van der Waals surface area contributed by atoms with Gasteiger partial charge in [0.1, 0.15) is 5.56 Å². The first-order chi connectivity index (χ1) is 8.95. The van der Waals surface area contributed by atoms with E-state index in [1.165, 1.54) is 32.2 Å². The summed E-state index contributed by atoms with van der Waals surface area (Å²) in [5.74, 6) is -0.815. The Bertz CT molecular complexity index is 795. The van der Waals surface area contributed by atoms with Crippen molar-refractivity contribution in [3.8, 4) is 5.75 Å². The minimum absolute atomic E-state index is 0.204. The standard InChI is InChI=1S/C13H10ClNO4/c1-6(16)10-11(17)8-4-3-7(14)5-9(8)15-13(18)12(10)19-2/h3-5H,1-2H3,(H,15,18). The number of benzene rings is 1. The van der Waals surface area contributed by atoms with Crippen molar-refractivity contribution in [2.75, 3.05) is 7.11 Å². The molecular weight excluding hydrogens is 270 g/mol. The summed E-state index contributed by atoms with van der Waals surface area (Å²) in [6.45, 7) is 1.21. The van der Waals surface area contributed by atoms with Crippen molar-refractivity contribution in [2.45, 2.75) is 6.92 Å². The molecule has 5 nitrogen and oxygen atoms in total. The molecule has 0 saturated carbocycles. The summed E-state index contributed by atoms with van der Waals surface area (Å²) in [4.78, 5) is 38.3. The topological polar surface area (TPSA) is 76.2 Å². The van der Waals surface area contributed by atoms with Crippen molar-refractivity contribution >= 4 is 28.3 Å². The lowest BCUT2D eigenvalue weighted by Crippen LogP contribution is -2.16. The van der Waals surface area contributed by atoms with Gasteiger partial charge in [-0.15, -0.1) is 0 Å². The summed E-state index contributed by atoms with van der Waals surface area (Å²) in [5.41, 5.74) is -1.22. The second-order valence-electron chi connectivity index (χ2n) is 3.94. The number of H-pyrrole nitrogens is 1. The molecule has 2 aromatic rings. The highest BCUT2D eigenvalue weighted by Crippen LogP contribution is 2.16. The normalized spacial score (nSPS) is 10.5. The number of hydrogen-bond donors (Lipinski definition) is 1. The first-order valence-electron chi connectivity index (χ1n) is 5.40. The minimum atomic E-state index is -0.651. The van der Waals surface area contributed by atoms with Crippen LogP contribution < -0.4 is 15.7 Å². The molecule has 0 aliphatic heterocycles. The van der Waals surface area contributed by atoms with E-state index in [0.717, 1.165) is 0 Å². The van der Waals surface area contributed by atoms with Crippen LogP contribution in [0.2, 0.25) is 5.02 Å². The first kappa shape index (κ1) is 13.3. The molecule has 0 aliphatic rings. The lowest BCUT2D eigenvalue weighted by molar-refractivity contribution is 0.101. The number of nitrogens with one attached hydrogen (secondary N) is 1. The van der Waals surface area contributed by atoms with Gasteiger partial charge in [0.25, 0.3) is 5.56 Å². The average molecular weight is 280 g/mol. The Morgan fingerprint density at radius 2 is 2.00 bits per heavy atom. The van der Waals surface area contributed by atoms with E-state index in [0.29, 0.717) is 5.02 Å². The van der Waals surface area contributed by atoms with E-state index in [2.05, 4.69) is 4.98 Å². The minimum Gasteiger partial charge on any atom is -0.490 e. The Hall–Kier alpha value is -2.14. The molecule has 0 atom stereocenters. The zero-order valence-electron chi connectivity index (χ0n) is 10.2. The maximum Gasteiger partial charge on any atom is 0.291 e. The molecule has 0 amide bonds. The van der Waals surface area contributed by atoms with Gasteiger partial charge in [-0.1, -0.05) is 11.6 Å². The first-order valence-corrected chi connectivity index (χ1v) is 5.78. The zero-order valence-corrected chi connectivity index (χ0v) is 11.0. The molecule has 1 aromatic heterocycles. The van der Waals surface area contributed by atoms with Crippen LogP contribution in [-0.2, 0) is 0 Å². The van der Waals surface area contributed by atoms with E-state index in [1.807, 2.05) is 0 Å². The maximum atomic E-state index is 12.3. The van der Waals surface area contributed by atoms with Crippen molar-refractivity contribution in [1.29, 1.82) is 0 Å². The number of rotatable bonds is 2. The van der Waals surface area contributed by atoms with Gasteiger partial charge in [0.2, 0.25) is 5.43 Å². The monoisotopic (exact) mass is 279 g/mol. The van der Waals surface area contributed by atoms with E-state index in [1.54, 1.807) is 0 Å². The molecule has 19 heavy (non-hydrogen) atoms. The lowest BCUT2D eigenvalue weighted by Gasteiger charge is -1.98. The number of aromatic amines is 1. The summed E-state index contributed by atoms with van der Waals surface area (Å²) >= 11 is 5.82. The molecule has 1 aromatic carbocycles. The van der Waals surface area contributed by atoms with Gasteiger partial charge in [0.05, 0.1) is 12.6 Å². The van der Waals surface area contributed by atoms with Gasteiger partial charge in [-0.05, 0) is 25.1 Å². The molecule has 0 saturated heterocycles. The molecule has 0 fully saturated rings. The van der Waals surface area contributed by atoms with Gasteiger partial charge in [0, 0.05) is 10.4 Å². The highest BCUT2D eigenvalue weighted by atomic mass is 35.5. The van der Waals surface area contributed by atoms with Crippen molar-refractivity contribution in [3.05, 3.63) is 49.4 Å². The Kier molecular flexibility index (Phi) is 3.40. The Morgan fingerprint density at radius 1 is 1.32 bits per heavy atom. The number of hydrogen-bond acceptors (Lipinski definition) is 4. The smallest absolute Gasteiger partial charge is 0.291 e. The van der Waals surface area contributed by atoms with E-state index in [4.69, 9.17) is 16.3 Å². The Morgan fingerprint density at radius 3 is 2.58 bits per heavy atom. The summed E-state index contributed by atoms with van der Waals surface area (Å²) < 4.78 is 4.88. The van der Waals surface area contributed by atoms with Gasteiger partial charge < -0.3 is 9.72 Å². The number of Topliss-reactive ketones (excluding diaryl/α,β-unsaturated/α-hetero) is 1. The van der Waals surface area contributed by atoms with Gasteiger partial charge in [-0.25, -0.2) is 0 Å². The molecule has 0 spiro atoms. The number of carbonyl (C=O) groups excluding carboxylic acids is 1. The van der Waals surface area contributed by atoms with Crippen LogP contribution >= 0.6 is 11.6 Å². The molecule has 6 heteroatoms. The quantitative estimate of drug-likeness (QED) is 0.850. The second-order valence-corrected chi connectivity index (χ2v) is 4.37. The molecule has 0 unspecified atom stereocenters. The summed E-state index contributed by atoms with van der Waals surface area (Å²) in [5, 5.41) is 0.576. The van der Waals surface area contributed by atoms with Crippen molar-refractivity contribution in [3.63, 3.8) is 0 Å². The van der Waals surface area contributed by atoms with E-state index in [-0.39, 0.29) is 22.2 Å². The summed E-state index contributed by atoms with van der Waals surface area (Å²) in [6, 6.07) is 4.42. The van der Waals surface area contributed by atoms with Crippen LogP contribution in [0.5, 0.6) is 5.75 Å². The van der Waals surface area contributed by atoms with E-state index in [9.17, 15) is 14.4 Å². The van der Waals surface area contributed by atoms with Crippen LogP contribution in [0.25, 0.3) is 10.9 Å². The van der Waals surface area contributed by atoms with Crippen LogP contribution in [-0.4, -0.2) is 17.9 Å². The van der Waals surface area contributed by atoms with Crippen LogP contribution in [0.15, 0.2) is 27.8 Å². The van der Waals surface area contributed by atoms with Crippen LogP contribution in [0.1, 0.15) is 17.3 Å². The number of aromatic nitrogens is 1. The predicted octanol–water partition coefficient (Wildman–Crippen LogP) is 1.75. The molecule has 2 rings (SSSR count). The molecule has 1 N–H and O–H groups in total. The van der Waals surface area contributed by atoms with Crippen molar-refractivity contribution in [2.24, 2.45) is 0 Å². The number of halogens is 1. The van der Waals surface area contributed by atoms with Gasteiger partial charge in [-0.2, -0.15) is 0 Å². The summed E-state index contributed by atoms with van der Waals surface area (Å²) in [6.07, 6.45) is 0. The number of carbonyl (C=O) groups is 1. The number of ketones is 1. The maximum absolute atomic E-state index is 12.3. The van der Waals surface area contributed by atoms with Gasteiger partial charge >= 0.3 is 0 Å². The fraction of sp³-hybridized carbons (Fsp3) is 0.154. The number of ether oxygens (including phenoxy) is 1. The highest BCUT2D eigenvalue weighted by molar-refractivity contribution is 6.31. The molecule has 1 heterocycles. The lowest BCUT2D eigenvalue weighted by atomic mass is 10.1. The zero-order chi connectivity index (χ0) is 14.2. The molecular formula is C13H10ClNO4. The average Bonchev–Trinajstić information content (AvgIpc) is 2.43. The number of methoxy groups -OCH3 is 1. The molecule has 0 aliphatic carbocycles. The van der Waals surface area contributed by atoms with Crippen molar-refractivity contribution < 1.29 is 9.53 Å². The summed E-state index contributed by atoms with van der Waals surface area (Å²) in [7, 11) is 1.23. The third-order valence-electron chi connectivity index (χ3n) is 2.69. The van der Waals surface area contributed by atoms with Crippen LogP contribution in [0, 0.1) is 0 Å². The van der Waals surface area contributed by atoms with Crippen LogP contribution in [0.3, 0.4) is 0 Å². The van der Waals surface area contributed by atoms with E-state index >= 15 is 0 Å². The predicted molar refractivity (Wildman–Crippen MR) is 72.4 cm³/mol. The number of fused-ring (bicyclic) bond motifs is 1. The van der Waals surface area contributed by atoms with Crippen molar-refractivity contribution in [1.82, 2.24) is 4.98 Å². The Balaban J connectivity index is 3.15. The fourth-order valence-electron chi connectivity index (χ4n) is 1.86. The highest BCUT2D eigenvalue weighted by Gasteiger charge is 2.17. The van der Waals surface area contributed by atoms with Gasteiger partial charge in [0.15, 0.2) is 11.5 Å². The fourth-order valence-corrected chi connectivity index (χ4v) is 2.03. The molecule has 0 bridgehead atoms. The molecule has 98 valence electrons. The third-order valence-corrected chi connectivity index (χ3v) is 2.93. The van der Waals surface area contributed by atoms with Gasteiger partial charge in [-0.3, -0.25) is 14.4 Å².